The predicted molar refractivity (Wildman–Crippen MR) is 85.3 cm³/mol. The van der Waals surface area contributed by atoms with Gasteiger partial charge in [0.15, 0.2) is 0 Å². The molecule has 2 rings (SSSR count). The smallest absolute Gasteiger partial charge is 0.213 e. The topological polar surface area (TPSA) is 90.9 Å². The number of aromatic amines is 1. The zero-order valence-electron chi connectivity index (χ0n) is 11.9. The molecule has 6 nitrogen and oxygen atoms in total. The number of aromatic nitrogens is 3. The number of benzene rings is 1. The van der Waals surface area contributed by atoms with Crippen LogP contribution < -0.4 is 9.84 Å². The lowest BCUT2D eigenvalue weighted by Gasteiger charge is -2.07. The van der Waals surface area contributed by atoms with Gasteiger partial charge in [0, 0.05) is 11.3 Å². The number of aliphatic carboxylic acids is 1. The minimum Gasteiger partial charge on any atom is -0.544 e. The van der Waals surface area contributed by atoms with Crippen LogP contribution in [-0.2, 0) is 11.2 Å². The first kappa shape index (κ1) is 16.6. The fourth-order valence-electron chi connectivity index (χ4n) is 1.63. The standard InChI is InChI=1S/C14H14BrN3O3S/c1-3-12-16-14(18-17-12)22-11(13(19)20)7-8-4-5-10(21-2)9(15)6-8/h4-7H,3H2,1-2H3,(H,19,20)(H,16,17,18)/p-1/b11-7-. The van der Waals surface area contributed by atoms with Gasteiger partial charge in [-0.2, -0.15) is 0 Å². The van der Waals surface area contributed by atoms with Crippen LogP contribution in [0.5, 0.6) is 5.75 Å². The van der Waals surface area contributed by atoms with Gasteiger partial charge in [-0.3, -0.25) is 5.10 Å². The van der Waals surface area contributed by atoms with Crippen molar-refractivity contribution >= 4 is 39.7 Å². The summed E-state index contributed by atoms with van der Waals surface area (Å²) in [6, 6.07) is 5.26. The molecule has 0 aliphatic rings. The Labute approximate surface area is 140 Å². The summed E-state index contributed by atoms with van der Waals surface area (Å²) < 4.78 is 5.87. The largest absolute Gasteiger partial charge is 0.544 e. The van der Waals surface area contributed by atoms with Crippen molar-refractivity contribution in [2.24, 2.45) is 0 Å². The molecule has 1 N–H and O–H groups in total. The molecule has 116 valence electrons. The number of nitrogens with zero attached hydrogens (tertiary/aromatic N) is 2. The van der Waals surface area contributed by atoms with Crippen LogP contribution in [0.4, 0.5) is 0 Å². The number of methoxy groups -OCH3 is 1. The average Bonchev–Trinajstić information content (AvgIpc) is 2.94. The third-order valence-electron chi connectivity index (χ3n) is 2.72. The molecule has 22 heavy (non-hydrogen) atoms. The zero-order valence-corrected chi connectivity index (χ0v) is 14.3. The first-order chi connectivity index (χ1) is 10.5. The normalized spacial score (nSPS) is 11.5. The highest BCUT2D eigenvalue weighted by atomic mass is 79.9. The van der Waals surface area contributed by atoms with Gasteiger partial charge in [-0.05, 0) is 51.5 Å². The third kappa shape index (κ3) is 4.11. The molecule has 0 aliphatic heterocycles. The molecule has 0 saturated carbocycles. The van der Waals surface area contributed by atoms with E-state index in [0.29, 0.717) is 28.7 Å². The van der Waals surface area contributed by atoms with E-state index < -0.39 is 5.97 Å². The number of carboxylic acid groups (broad SMARTS) is 1. The van der Waals surface area contributed by atoms with Crippen LogP contribution in [-0.4, -0.2) is 28.3 Å². The molecule has 1 heterocycles. The Balaban J connectivity index is 2.26. The van der Waals surface area contributed by atoms with Gasteiger partial charge >= 0.3 is 0 Å². The van der Waals surface area contributed by atoms with Crippen LogP contribution in [0.1, 0.15) is 18.3 Å². The predicted octanol–water partition coefficient (Wildman–Crippen LogP) is 2.02. The Morgan fingerprint density at radius 2 is 2.32 bits per heavy atom. The summed E-state index contributed by atoms with van der Waals surface area (Å²) in [6.07, 6.45) is 2.20. The first-order valence-corrected chi connectivity index (χ1v) is 8.00. The van der Waals surface area contributed by atoms with Crippen LogP contribution in [0, 0.1) is 0 Å². The molecule has 0 atom stereocenters. The average molecular weight is 383 g/mol. The van der Waals surface area contributed by atoms with E-state index >= 15 is 0 Å². The van der Waals surface area contributed by atoms with Crippen LogP contribution in [0.3, 0.4) is 0 Å². The van der Waals surface area contributed by atoms with Crippen molar-refractivity contribution in [3.05, 3.63) is 39.0 Å². The van der Waals surface area contributed by atoms with Gasteiger partial charge in [0.1, 0.15) is 11.6 Å². The number of hydrogen-bond acceptors (Lipinski definition) is 6. The van der Waals surface area contributed by atoms with Crippen molar-refractivity contribution in [3.63, 3.8) is 0 Å². The Morgan fingerprint density at radius 1 is 1.55 bits per heavy atom. The van der Waals surface area contributed by atoms with E-state index in [1.165, 1.54) is 6.08 Å². The Morgan fingerprint density at radius 3 is 2.86 bits per heavy atom. The molecule has 8 heteroatoms. The molecule has 0 spiro atoms. The number of ether oxygens (including phenoxy) is 1. The summed E-state index contributed by atoms with van der Waals surface area (Å²) in [4.78, 5) is 15.5. The number of nitrogens with one attached hydrogen (secondary N) is 1. The molecule has 0 bridgehead atoms. The lowest BCUT2D eigenvalue weighted by Crippen LogP contribution is -2.23. The van der Waals surface area contributed by atoms with E-state index in [0.717, 1.165) is 16.2 Å². The van der Waals surface area contributed by atoms with Crippen molar-refractivity contribution in [3.8, 4) is 5.75 Å². The summed E-state index contributed by atoms with van der Waals surface area (Å²) in [5, 5.41) is 18.3. The molecule has 0 radical (unpaired) electrons. The number of hydrogen-bond donors (Lipinski definition) is 1. The van der Waals surface area contributed by atoms with E-state index in [1.54, 1.807) is 25.3 Å². The van der Waals surface area contributed by atoms with Crippen LogP contribution in [0.2, 0.25) is 0 Å². The van der Waals surface area contributed by atoms with E-state index in [4.69, 9.17) is 4.74 Å². The molecule has 2 aromatic rings. The van der Waals surface area contributed by atoms with Crippen molar-refractivity contribution in [1.29, 1.82) is 0 Å². The summed E-state index contributed by atoms with van der Waals surface area (Å²) in [5.41, 5.74) is 0.700. The Hall–Kier alpha value is -1.80. The van der Waals surface area contributed by atoms with E-state index in [9.17, 15) is 9.90 Å². The SMILES string of the molecule is CCc1nc(S/C(=C\c2ccc(OC)c(Br)c2)C(=O)[O-])n[nH]1. The van der Waals surface area contributed by atoms with Crippen LogP contribution in [0.15, 0.2) is 32.7 Å². The van der Waals surface area contributed by atoms with Crippen molar-refractivity contribution < 1.29 is 14.6 Å². The van der Waals surface area contributed by atoms with Gasteiger partial charge < -0.3 is 14.6 Å². The van der Waals surface area contributed by atoms with E-state index in [2.05, 4.69) is 31.1 Å². The lowest BCUT2D eigenvalue weighted by molar-refractivity contribution is -0.297. The Kier molecular flexibility index (Phi) is 5.62. The number of carbonyl (C=O) groups is 1. The van der Waals surface area contributed by atoms with Gasteiger partial charge in [-0.15, -0.1) is 5.10 Å². The number of thioether (sulfide) groups is 1. The highest BCUT2D eigenvalue weighted by molar-refractivity contribution is 9.10. The number of aryl methyl sites for hydroxylation is 1. The molecule has 0 aliphatic carbocycles. The summed E-state index contributed by atoms with van der Waals surface area (Å²) >= 11 is 4.30. The second kappa shape index (κ2) is 7.46. The zero-order chi connectivity index (χ0) is 16.1. The van der Waals surface area contributed by atoms with Gasteiger partial charge in [0.2, 0.25) is 5.16 Å². The Bertz CT molecular complexity index is 715. The lowest BCUT2D eigenvalue weighted by atomic mass is 10.2. The number of rotatable bonds is 6. The van der Waals surface area contributed by atoms with Crippen molar-refractivity contribution in [1.82, 2.24) is 15.2 Å². The van der Waals surface area contributed by atoms with Crippen molar-refractivity contribution in [2.45, 2.75) is 18.5 Å². The molecular formula is C14H13BrN3O3S-. The highest BCUT2D eigenvalue weighted by Gasteiger charge is 2.09. The fraction of sp³-hybridized carbons (Fsp3) is 0.214. The van der Waals surface area contributed by atoms with Crippen LogP contribution >= 0.6 is 27.7 Å². The highest BCUT2D eigenvalue weighted by Crippen LogP contribution is 2.29. The maximum atomic E-state index is 11.3. The minimum absolute atomic E-state index is 0.0266. The van der Waals surface area contributed by atoms with Gasteiger partial charge in [0.05, 0.1) is 17.6 Å². The minimum atomic E-state index is -1.28. The monoisotopic (exact) mass is 382 g/mol. The summed E-state index contributed by atoms with van der Waals surface area (Å²) in [6.45, 7) is 1.93. The maximum absolute atomic E-state index is 11.3. The third-order valence-corrected chi connectivity index (χ3v) is 4.21. The molecule has 0 saturated heterocycles. The summed E-state index contributed by atoms with van der Waals surface area (Å²) in [7, 11) is 1.56. The number of halogens is 1. The second-order valence-electron chi connectivity index (χ2n) is 4.21. The summed E-state index contributed by atoms with van der Waals surface area (Å²) in [5.74, 6) is 0.0912. The molecular weight excluding hydrogens is 370 g/mol. The molecule has 1 aromatic carbocycles. The van der Waals surface area contributed by atoms with Gasteiger partial charge in [-0.1, -0.05) is 13.0 Å². The van der Waals surface area contributed by atoms with Gasteiger partial charge in [-0.25, -0.2) is 4.98 Å². The second-order valence-corrected chi connectivity index (χ2v) is 6.07. The van der Waals surface area contributed by atoms with Crippen molar-refractivity contribution in [2.75, 3.05) is 7.11 Å². The first-order valence-electron chi connectivity index (χ1n) is 6.39. The quantitative estimate of drug-likeness (QED) is 0.606. The molecule has 0 fully saturated rings. The number of carbonyl (C=O) groups excluding carboxylic acids is 1. The van der Waals surface area contributed by atoms with E-state index in [-0.39, 0.29) is 4.91 Å². The molecule has 0 unspecified atom stereocenters. The number of carboxylic acids is 1. The van der Waals surface area contributed by atoms with Gasteiger partial charge in [0.25, 0.3) is 0 Å². The van der Waals surface area contributed by atoms with E-state index in [1.807, 2.05) is 6.92 Å². The van der Waals surface area contributed by atoms with Crippen LogP contribution in [0.25, 0.3) is 6.08 Å². The number of H-pyrrole nitrogens is 1. The fourth-order valence-corrected chi connectivity index (χ4v) is 2.91. The maximum Gasteiger partial charge on any atom is 0.213 e. The molecule has 1 aromatic heterocycles. The molecule has 0 amide bonds.